The summed E-state index contributed by atoms with van der Waals surface area (Å²) < 4.78 is 0. The number of nitrogens with zero attached hydrogens (tertiary/aromatic N) is 1. The Hall–Kier alpha value is -2.30. The SMILES string of the molecule is CC/C=C1/c2cc(CC)ccc2CN1CC1NC(=O)NC1=O. The monoisotopic (exact) mass is 299 g/mol. The van der Waals surface area contributed by atoms with E-state index in [0.29, 0.717) is 6.54 Å². The third-order valence-corrected chi connectivity index (χ3v) is 4.22. The summed E-state index contributed by atoms with van der Waals surface area (Å²) in [6.45, 7) is 5.54. The second-order valence-electron chi connectivity index (χ2n) is 5.74. The Morgan fingerprint density at radius 3 is 2.77 bits per heavy atom. The minimum Gasteiger partial charge on any atom is -0.364 e. The molecule has 3 rings (SSSR count). The van der Waals surface area contributed by atoms with Crippen LogP contribution in [0.4, 0.5) is 4.79 Å². The highest BCUT2D eigenvalue weighted by atomic mass is 16.2. The van der Waals surface area contributed by atoms with Crippen LogP contribution in [0.1, 0.15) is 37.0 Å². The van der Waals surface area contributed by atoms with E-state index in [-0.39, 0.29) is 5.91 Å². The zero-order valence-electron chi connectivity index (χ0n) is 13.0. The first-order valence-electron chi connectivity index (χ1n) is 7.81. The van der Waals surface area contributed by atoms with Crippen molar-refractivity contribution < 1.29 is 9.59 Å². The van der Waals surface area contributed by atoms with E-state index >= 15 is 0 Å². The number of carbonyl (C=O) groups excluding carboxylic acids is 2. The van der Waals surface area contributed by atoms with Gasteiger partial charge in [0.1, 0.15) is 6.04 Å². The number of carbonyl (C=O) groups is 2. The average Bonchev–Trinajstić information content (AvgIpc) is 3.00. The van der Waals surface area contributed by atoms with Crippen LogP contribution < -0.4 is 10.6 Å². The van der Waals surface area contributed by atoms with Crippen molar-refractivity contribution in [1.29, 1.82) is 0 Å². The lowest BCUT2D eigenvalue weighted by molar-refractivity contribution is -0.120. The summed E-state index contributed by atoms with van der Waals surface area (Å²) in [5.74, 6) is -0.244. The number of rotatable bonds is 4. The molecule has 2 N–H and O–H groups in total. The van der Waals surface area contributed by atoms with E-state index in [1.807, 2.05) is 0 Å². The Morgan fingerprint density at radius 1 is 1.32 bits per heavy atom. The van der Waals surface area contributed by atoms with Crippen LogP contribution in [-0.2, 0) is 17.8 Å². The molecule has 0 spiro atoms. The first kappa shape index (κ1) is 14.6. The standard InChI is InChI=1S/C17H21N3O2/c1-3-5-15-13-8-11(4-2)6-7-12(13)9-20(15)10-14-16(21)19-17(22)18-14/h5-8,14H,3-4,9-10H2,1-2H3,(H2,18,19,21,22)/b15-5-. The van der Waals surface area contributed by atoms with Gasteiger partial charge >= 0.3 is 6.03 Å². The molecule has 1 fully saturated rings. The lowest BCUT2D eigenvalue weighted by Crippen LogP contribution is -2.39. The van der Waals surface area contributed by atoms with E-state index in [9.17, 15) is 9.59 Å². The van der Waals surface area contributed by atoms with E-state index in [1.54, 1.807) is 0 Å². The Morgan fingerprint density at radius 2 is 2.14 bits per heavy atom. The minimum atomic E-state index is -0.479. The van der Waals surface area contributed by atoms with E-state index in [1.165, 1.54) is 22.4 Å². The van der Waals surface area contributed by atoms with Crippen LogP contribution in [0.2, 0.25) is 0 Å². The number of allylic oxidation sites excluding steroid dienone is 1. The zero-order valence-corrected chi connectivity index (χ0v) is 13.0. The largest absolute Gasteiger partial charge is 0.364 e. The van der Waals surface area contributed by atoms with Crippen molar-refractivity contribution in [3.63, 3.8) is 0 Å². The van der Waals surface area contributed by atoms with Gasteiger partial charge in [0.2, 0.25) is 0 Å². The number of nitrogens with one attached hydrogen (secondary N) is 2. The number of amides is 3. The fourth-order valence-corrected chi connectivity index (χ4v) is 3.08. The van der Waals surface area contributed by atoms with Crippen LogP contribution >= 0.6 is 0 Å². The molecule has 1 aromatic rings. The Balaban J connectivity index is 1.85. The molecule has 0 aromatic heterocycles. The highest BCUT2D eigenvalue weighted by Gasteiger charge is 2.34. The summed E-state index contributed by atoms with van der Waals surface area (Å²) in [5.41, 5.74) is 5.02. The number of hydrogen-bond donors (Lipinski definition) is 2. The van der Waals surface area contributed by atoms with Crippen molar-refractivity contribution in [3.05, 3.63) is 41.0 Å². The first-order valence-corrected chi connectivity index (χ1v) is 7.81. The summed E-state index contributed by atoms with van der Waals surface area (Å²) in [5, 5.41) is 4.97. The molecule has 0 radical (unpaired) electrons. The molecule has 1 saturated heterocycles. The molecule has 2 aliphatic rings. The number of aryl methyl sites for hydroxylation is 1. The van der Waals surface area contributed by atoms with Crippen LogP contribution in [-0.4, -0.2) is 29.4 Å². The molecule has 1 atom stereocenters. The molecule has 0 saturated carbocycles. The molecule has 0 bridgehead atoms. The summed E-state index contributed by atoms with van der Waals surface area (Å²) >= 11 is 0. The maximum Gasteiger partial charge on any atom is 0.322 e. The Bertz CT molecular complexity index is 651. The first-order chi connectivity index (χ1) is 10.6. The molecule has 0 aliphatic carbocycles. The summed E-state index contributed by atoms with van der Waals surface area (Å²) in [6, 6.07) is 5.69. The van der Waals surface area contributed by atoms with Gasteiger partial charge in [0, 0.05) is 24.4 Å². The highest BCUT2D eigenvalue weighted by molar-refractivity contribution is 6.04. The molecule has 1 aromatic carbocycles. The van der Waals surface area contributed by atoms with Gasteiger partial charge in [-0.1, -0.05) is 32.1 Å². The fourth-order valence-electron chi connectivity index (χ4n) is 3.08. The van der Waals surface area contributed by atoms with Crippen molar-refractivity contribution in [2.45, 2.75) is 39.3 Å². The topological polar surface area (TPSA) is 61.4 Å². The van der Waals surface area contributed by atoms with E-state index in [2.05, 4.69) is 53.7 Å². The summed E-state index contributed by atoms with van der Waals surface area (Å²) in [6.07, 6.45) is 4.14. The number of fused-ring (bicyclic) bond motifs is 1. The molecule has 1 unspecified atom stereocenters. The number of urea groups is 1. The Kier molecular flexibility index (Phi) is 3.88. The van der Waals surface area contributed by atoms with Gasteiger partial charge in [0.25, 0.3) is 5.91 Å². The quantitative estimate of drug-likeness (QED) is 0.836. The van der Waals surface area contributed by atoms with Crippen LogP contribution in [0, 0.1) is 0 Å². The van der Waals surface area contributed by atoms with Gasteiger partial charge in [-0.15, -0.1) is 0 Å². The maximum absolute atomic E-state index is 11.8. The van der Waals surface area contributed by atoms with Crippen molar-refractivity contribution >= 4 is 17.6 Å². The molecular weight excluding hydrogens is 278 g/mol. The van der Waals surface area contributed by atoms with Gasteiger partial charge in [0.05, 0.1) is 0 Å². The molecule has 22 heavy (non-hydrogen) atoms. The van der Waals surface area contributed by atoms with Crippen molar-refractivity contribution in [2.75, 3.05) is 6.54 Å². The van der Waals surface area contributed by atoms with E-state index < -0.39 is 12.1 Å². The Labute approximate surface area is 130 Å². The molecule has 2 aliphatic heterocycles. The average molecular weight is 299 g/mol. The predicted octanol–water partition coefficient (Wildman–Crippen LogP) is 2.02. The predicted molar refractivity (Wildman–Crippen MR) is 85.0 cm³/mol. The van der Waals surface area contributed by atoms with Gasteiger partial charge in [-0.25, -0.2) is 4.79 Å². The second kappa shape index (κ2) is 5.83. The van der Waals surface area contributed by atoms with Gasteiger partial charge in [-0.3, -0.25) is 10.1 Å². The van der Waals surface area contributed by atoms with Crippen LogP contribution in [0.3, 0.4) is 0 Å². The lowest BCUT2D eigenvalue weighted by atomic mass is 10.0. The molecule has 3 amide bonds. The lowest BCUT2D eigenvalue weighted by Gasteiger charge is -2.22. The third-order valence-electron chi connectivity index (χ3n) is 4.22. The minimum absolute atomic E-state index is 0.244. The van der Waals surface area contributed by atoms with Crippen molar-refractivity contribution in [3.8, 4) is 0 Å². The third kappa shape index (κ3) is 2.58. The number of hydrogen-bond acceptors (Lipinski definition) is 3. The summed E-state index contributed by atoms with van der Waals surface area (Å²) in [7, 11) is 0. The smallest absolute Gasteiger partial charge is 0.322 e. The zero-order chi connectivity index (χ0) is 15.7. The van der Waals surface area contributed by atoms with E-state index in [4.69, 9.17) is 0 Å². The van der Waals surface area contributed by atoms with Crippen LogP contribution in [0.5, 0.6) is 0 Å². The number of imide groups is 1. The molecule has 5 nitrogen and oxygen atoms in total. The van der Waals surface area contributed by atoms with Crippen LogP contribution in [0.25, 0.3) is 5.70 Å². The van der Waals surface area contributed by atoms with E-state index in [0.717, 1.165) is 19.4 Å². The maximum atomic E-state index is 11.8. The molecular formula is C17H21N3O2. The summed E-state index contributed by atoms with van der Waals surface area (Å²) in [4.78, 5) is 25.2. The van der Waals surface area contributed by atoms with Gasteiger partial charge in [-0.05, 0) is 30.0 Å². The van der Waals surface area contributed by atoms with Gasteiger partial charge < -0.3 is 10.2 Å². The van der Waals surface area contributed by atoms with Crippen molar-refractivity contribution in [1.82, 2.24) is 15.5 Å². The molecule has 2 heterocycles. The number of benzene rings is 1. The highest BCUT2D eigenvalue weighted by Crippen LogP contribution is 2.34. The van der Waals surface area contributed by atoms with Crippen molar-refractivity contribution in [2.24, 2.45) is 0 Å². The molecule has 5 heteroatoms. The van der Waals surface area contributed by atoms with Crippen LogP contribution in [0.15, 0.2) is 24.3 Å². The van der Waals surface area contributed by atoms with Gasteiger partial charge in [-0.2, -0.15) is 0 Å². The normalized spacial score (nSPS) is 22.0. The second-order valence-corrected chi connectivity index (χ2v) is 5.74. The fraction of sp³-hybridized carbons (Fsp3) is 0.412. The molecule has 116 valence electrons. The van der Waals surface area contributed by atoms with Gasteiger partial charge in [0.15, 0.2) is 0 Å².